The minimum Gasteiger partial charge on any atom is -0.330 e. The van der Waals surface area contributed by atoms with Crippen molar-refractivity contribution in [3.8, 4) is 10.6 Å². The van der Waals surface area contributed by atoms with Crippen LogP contribution >= 0.6 is 11.3 Å². The predicted octanol–water partition coefficient (Wildman–Crippen LogP) is 1.10. The Morgan fingerprint density at radius 1 is 1.21 bits per heavy atom. The Bertz CT molecular complexity index is 398. The second kappa shape index (κ2) is 4.26. The van der Waals surface area contributed by atoms with E-state index in [1.54, 1.807) is 23.7 Å². The number of rotatable bonds is 3. The van der Waals surface area contributed by atoms with Crippen molar-refractivity contribution < 1.29 is 0 Å². The van der Waals surface area contributed by atoms with Crippen molar-refractivity contribution in [1.82, 2.24) is 15.2 Å². The topological polar surface area (TPSA) is 64.7 Å². The second-order valence-electron chi connectivity index (χ2n) is 2.78. The lowest BCUT2D eigenvalue weighted by Gasteiger charge is -1.91. The third-order valence-corrected chi connectivity index (χ3v) is 2.78. The van der Waals surface area contributed by atoms with Crippen molar-refractivity contribution in [2.45, 2.75) is 6.42 Å². The van der Waals surface area contributed by atoms with Crippen LogP contribution < -0.4 is 5.73 Å². The Morgan fingerprint density at radius 2 is 2.00 bits per heavy atom. The van der Waals surface area contributed by atoms with Crippen molar-refractivity contribution in [1.29, 1.82) is 0 Å². The van der Waals surface area contributed by atoms with Gasteiger partial charge in [0.05, 0.1) is 0 Å². The fraction of sp³-hybridized carbons (Fsp3) is 0.222. The molecular weight excluding hydrogens is 196 g/mol. The molecule has 14 heavy (non-hydrogen) atoms. The van der Waals surface area contributed by atoms with Gasteiger partial charge in [-0.1, -0.05) is 11.3 Å². The third kappa shape index (κ3) is 1.94. The molecule has 2 heterocycles. The van der Waals surface area contributed by atoms with Gasteiger partial charge in [-0.05, 0) is 18.7 Å². The fourth-order valence-corrected chi connectivity index (χ4v) is 1.95. The van der Waals surface area contributed by atoms with Gasteiger partial charge in [0, 0.05) is 24.4 Å². The van der Waals surface area contributed by atoms with Crippen molar-refractivity contribution in [3.05, 3.63) is 29.5 Å². The molecule has 0 bridgehead atoms. The predicted molar refractivity (Wildman–Crippen MR) is 55.9 cm³/mol. The van der Waals surface area contributed by atoms with E-state index in [1.165, 1.54) is 0 Å². The van der Waals surface area contributed by atoms with Gasteiger partial charge >= 0.3 is 0 Å². The van der Waals surface area contributed by atoms with Crippen LogP contribution in [0.1, 0.15) is 5.01 Å². The lowest BCUT2D eigenvalue weighted by molar-refractivity contribution is 0.913. The lowest BCUT2D eigenvalue weighted by atomic mass is 10.3. The number of hydrogen-bond donors (Lipinski definition) is 1. The first-order chi connectivity index (χ1) is 6.90. The molecule has 0 aliphatic heterocycles. The maximum atomic E-state index is 5.44. The average Bonchev–Trinajstić information content (AvgIpc) is 2.68. The van der Waals surface area contributed by atoms with Crippen LogP contribution in [0.15, 0.2) is 24.5 Å². The molecule has 0 saturated heterocycles. The molecule has 2 aromatic heterocycles. The smallest absolute Gasteiger partial charge is 0.147 e. The van der Waals surface area contributed by atoms with E-state index in [-0.39, 0.29) is 0 Å². The number of aromatic nitrogens is 3. The summed E-state index contributed by atoms with van der Waals surface area (Å²) in [6, 6.07) is 3.85. The molecule has 0 aliphatic rings. The van der Waals surface area contributed by atoms with E-state index in [9.17, 15) is 0 Å². The molecule has 0 aromatic carbocycles. The summed E-state index contributed by atoms with van der Waals surface area (Å²) in [5, 5.41) is 10.1. The lowest BCUT2D eigenvalue weighted by Crippen LogP contribution is -2.01. The molecule has 0 aliphatic carbocycles. The molecule has 2 rings (SSSR count). The van der Waals surface area contributed by atoms with Gasteiger partial charge in [0.1, 0.15) is 10.0 Å². The summed E-state index contributed by atoms with van der Waals surface area (Å²) in [6.07, 6.45) is 4.29. The molecule has 2 aromatic rings. The Labute approximate surface area is 85.8 Å². The summed E-state index contributed by atoms with van der Waals surface area (Å²) in [4.78, 5) is 3.95. The normalized spacial score (nSPS) is 10.4. The van der Waals surface area contributed by atoms with Crippen LogP contribution in [0.2, 0.25) is 0 Å². The van der Waals surface area contributed by atoms with E-state index in [4.69, 9.17) is 5.73 Å². The standard InChI is InChI=1S/C9H10N4S/c10-4-1-8-12-13-9(14-8)7-2-5-11-6-3-7/h2-3,5-6H,1,4,10H2. The van der Waals surface area contributed by atoms with Gasteiger partial charge in [-0.25, -0.2) is 0 Å². The van der Waals surface area contributed by atoms with Gasteiger partial charge in [0.2, 0.25) is 0 Å². The van der Waals surface area contributed by atoms with E-state index in [2.05, 4.69) is 15.2 Å². The van der Waals surface area contributed by atoms with Gasteiger partial charge in [-0.2, -0.15) is 0 Å². The molecule has 0 amide bonds. The highest BCUT2D eigenvalue weighted by molar-refractivity contribution is 7.14. The molecule has 0 radical (unpaired) electrons. The minimum absolute atomic E-state index is 0.616. The van der Waals surface area contributed by atoms with Crippen LogP contribution in [0.5, 0.6) is 0 Å². The van der Waals surface area contributed by atoms with Crippen molar-refractivity contribution >= 4 is 11.3 Å². The number of nitrogens with two attached hydrogens (primary N) is 1. The van der Waals surface area contributed by atoms with E-state index in [0.717, 1.165) is 22.0 Å². The molecular formula is C9H10N4S. The highest BCUT2D eigenvalue weighted by atomic mass is 32.1. The van der Waals surface area contributed by atoms with Crippen molar-refractivity contribution in [2.24, 2.45) is 5.73 Å². The Morgan fingerprint density at radius 3 is 2.71 bits per heavy atom. The quantitative estimate of drug-likeness (QED) is 0.816. The van der Waals surface area contributed by atoms with Gasteiger partial charge < -0.3 is 5.73 Å². The van der Waals surface area contributed by atoms with E-state index in [1.807, 2.05) is 12.1 Å². The molecule has 0 fully saturated rings. The zero-order valence-electron chi connectivity index (χ0n) is 7.55. The van der Waals surface area contributed by atoms with Crippen LogP contribution in [0, 0.1) is 0 Å². The Hall–Kier alpha value is -1.33. The maximum absolute atomic E-state index is 5.44. The largest absolute Gasteiger partial charge is 0.330 e. The van der Waals surface area contributed by atoms with Crippen molar-refractivity contribution in [3.63, 3.8) is 0 Å². The summed E-state index contributed by atoms with van der Waals surface area (Å²) >= 11 is 1.58. The zero-order chi connectivity index (χ0) is 9.80. The number of nitrogens with zero attached hydrogens (tertiary/aromatic N) is 3. The van der Waals surface area contributed by atoms with Gasteiger partial charge in [-0.3, -0.25) is 4.98 Å². The van der Waals surface area contributed by atoms with Gasteiger partial charge in [-0.15, -0.1) is 10.2 Å². The summed E-state index contributed by atoms with van der Waals surface area (Å²) < 4.78 is 0. The van der Waals surface area contributed by atoms with E-state index < -0.39 is 0 Å². The monoisotopic (exact) mass is 206 g/mol. The first-order valence-electron chi connectivity index (χ1n) is 4.33. The summed E-state index contributed by atoms with van der Waals surface area (Å²) in [7, 11) is 0. The highest BCUT2D eigenvalue weighted by Gasteiger charge is 2.04. The fourth-order valence-electron chi connectivity index (χ4n) is 1.09. The van der Waals surface area contributed by atoms with E-state index >= 15 is 0 Å². The maximum Gasteiger partial charge on any atom is 0.147 e. The van der Waals surface area contributed by atoms with Crippen LogP contribution in [0.25, 0.3) is 10.6 Å². The summed E-state index contributed by atoms with van der Waals surface area (Å²) in [5.74, 6) is 0. The molecule has 72 valence electrons. The molecule has 0 unspecified atom stereocenters. The minimum atomic E-state index is 0.616. The molecule has 0 spiro atoms. The molecule has 4 nitrogen and oxygen atoms in total. The molecule has 2 N–H and O–H groups in total. The van der Waals surface area contributed by atoms with Crippen molar-refractivity contribution in [2.75, 3.05) is 6.54 Å². The second-order valence-corrected chi connectivity index (χ2v) is 3.84. The van der Waals surface area contributed by atoms with E-state index in [0.29, 0.717) is 6.54 Å². The summed E-state index contributed by atoms with van der Waals surface area (Å²) in [5.41, 5.74) is 6.49. The van der Waals surface area contributed by atoms with Gasteiger partial charge in [0.15, 0.2) is 0 Å². The molecule has 0 atom stereocenters. The Kier molecular flexibility index (Phi) is 2.81. The number of pyridine rings is 1. The Balaban J connectivity index is 2.25. The van der Waals surface area contributed by atoms with Crippen LogP contribution in [0.3, 0.4) is 0 Å². The number of hydrogen-bond acceptors (Lipinski definition) is 5. The average molecular weight is 206 g/mol. The zero-order valence-corrected chi connectivity index (χ0v) is 8.37. The summed E-state index contributed by atoms with van der Waals surface area (Å²) in [6.45, 7) is 0.616. The van der Waals surface area contributed by atoms with Crippen LogP contribution in [-0.2, 0) is 6.42 Å². The highest BCUT2D eigenvalue weighted by Crippen LogP contribution is 2.22. The van der Waals surface area contributed by atoms with Crippen LogP contribution in [0.4, 0.5) is 0 Å². The third-order valence-electron chi connectivity index (χ3n) is 1.75. The van der Waals surface area contributed by atoms with Gasteiger partial charge in [0.25, 0.3) is 0 Å². The molecule has 5 heteroatoms. The SMILES string of the molecule is NCCc1nnc(-c2ccncc2)s1. The van der Waals surface area contributed by atoms with Crippen LogP contribution in [-0.4, -0.2) is 21.7 Å². The molecule has 0 saturated carbocycles. The first-order valence-corrected chi connectivity index (χ1v) is 5.14. The first kappa shape index (κ1) is 9.23.